The van der Waals surface area contributed by atoms with Gasteiger partial charge in [0.1, 0.15) is 0 Å². The van der Waals surface area contributed by atoms with Crippen molar-refractivity contribution in [1.29, 1.82) is 0 Å². The number of hydrogen-bond acceptors (Lipinski definition) is 6. The lowest BCUT2D eigenvalue weighted by atomic mass is 9.87. The molecule has 0 spiro atoms. The molecule has 1 fully saturated rings. The van der Waals surface area contributed by atoms with Crippen molar-refractivity contribution in [3.63, 3.8) is 0 Å². The molecule has 0 unspecified atom stereocenters. The Morgan fingerprint density at radius 1 is 0.275 bits per heavy atom. The Bertz CT molecular complexity index is 1980. The Balaban J connectivity index is 2.23. The molecule has 0 saturated carbocycles. The van der Waals surface area contributed by atoms with Crippen LogP contribution in [0, 0.1) is 104 Å². The van der Waals surface area contributed by atoms with Crippen molar-refractivity contribution in [2.75, 3.05) is 0 Å². The van der Waals surface area contributed by atoms with Crippen molar-refractivity contribution >= 4 is 29.5 Å². The van der Waals surface area contributed by atoms with Crippen LogP contribution in [0.3, 0.4) is 0 Å². The molecule has 0 radical (unpaired) electrons. The third-order valence-corrected chi connectivity index (χ3v) is 26.0. The number of hydrogen-bond donors (Lipinski definition) is 0. The van der Waals surface area contributed by atoms with Crippen LogP contribution in [0.2, 0.25) is 0 Å². The molecule has 9 heteroatoms. The van der Waals surface area contributed by atoms with Crippen molar-refractivity contribution in [2.45, 2.75) is 156 Å². The monoisotopic (exact) mass is 756 g/mol. The van der Waals surface area contributed by atoms with E-state index in [0.29, 0.717) is 16.7 Å². The van der Waals surface area contributed by atoms with Gasteiger partial charge in [0.2, 0.25) is 0 Å². The van der Waals surface area contributed by atoms with E-state index in [1.165, 1.54) is 20.8 Å². The molecule has 0 aromatic heterocycles. The van der Waals surface area contributed by atoms with E-state index in [1.54, 1.807) is 0 Å². The fourth-order valence-corrected chi connectivity index (χ4v) is 20.9. The molecule has 0 N–H and O–H groups in total. The Kier molecular flexibility index (Phi) is 10.2. The maximum atomic E-state index is 15.6. The van der Waals surface area contributed by atoms with Gasteiger partial charge < -0.3 is 0 Å². The largest absolute Gasteiger partial charge is 0.226 e. The molecule has 1 heterocycles. The summed E-state index contributed by atoms with van der Waals surface area (Å²) in [6.07, 6.45) is -1.07. The van der Waals surface area contributed by atoms with Crippen LogP contribution in [0.4, 0.5) is 0 Å². The Hall–Kier alpha value is -2.49. The molecule has 1 aliphatic rings. The smallest absolute Gasteiger partial charge is 0.190 e. The highest BCUT2D eigenvalue weighted by Gasteiger charge is 2.78. The molecule has 282 valence electrons. The van der Waals surface area contributed by atoms with Gasteiger partial charge >= 0.3 is 0 Å². The van der Waals surface area contributed by atoms with Gasteiger partial charge in [-0.05, 0) is 225 Å². The first-order valence-electron chi connectivity index (χ1n) is 17.8. The predicted molar refractivity (Wildman–Crippen MR) is 213 cm³/mol. The first-order chi connectivity index (χ1) is 22.9. The lowest BCUT2D eigenvalue weighted by Gasteiger charge is -2.51. The molecule has 0 bridgehead atoms. The zero-order valence-corrected chi connectivity index (χ0v) is 36.7. The van der Waals surface area contributed by atoms with Crippen LogP contribution in [0.5, 0.6) is 0 Å². The summed E-state index contributed by atoms with van der Waals surface area (Å²) in [5.41, 5.74) is 15.9. The van der Waals surface area contributed by atoms with Crippen molar-refractivity contribution in [1.82, 2.24) is 0 Å². The molecule has 51 heavy (non-hydrogen) atoms. The minimum Gasteiger partial charge on any atom is -0.226 e. The highest BCUT2D eigenvalue weighted by Crippen LogP contribution is 2.57. The van der Waals surface area contributed by atoms with E-state index in [0.717, 1.165) is 83.5 Å². The molecule has 0 atom stereocenters. The maximum absolute atomic E-state index is 15.6. The van der Waals surface area contributed by atoms with E-state index in [9.17, 15) is 0 Å². The van der Waals surface area contributed by atoms with Crippen LogP contribution in [0.15, 0.2) is 0 Å². The van der Waals surface area contributed by atoms with Crippen molar-refractivity contribution in [3.05, 3.63) is 100 Å². The van der Waals surface area contributed by atoms with Gasteiger partial charge in [-0.2, -0.15) is 0 Å². The Labute approximate surface area is 309 Å². The highest BCUT2D eigenvalue weighted by molar-refractivity contribution is 8.27. The summed E-state index contributed by atoms with van der Waals surface area (Å²) >= 11 is 0. The van der Waals surface area contributed by atoms with E-state index >= 15 is 25.3 Å². The second-order valence-electron chi connectivity index (χ2n) is 16.3. The molecular weight excluding hydrogens is 697 g/mol. The summed E-state index contributed by atoms with van der Waals surface area (Å²) in [5.74, 6) is 0. The summed E-state index contributed by atoms with van der Waals surface area (Å²) in [6, 6.07) is 0. The van der Waals surface area contributed by atoms with Crippen molar-refractivity contribution in [2.24, 2.45) is 0 Å². The van der Waals surface area contributed by atoms with Crippen LogP contribution in [0.25, 0.3) is 0 Å². The molecule has 6 nitrogen and oxygen atoms in total. The SMILES string of the molecule is Cc1c(C)c(C)c(CC2(C)S(=O)(=O)C(C)(Cc3c(C)c(C)c(C)c(C)c3C)S(=O)(=O)C(C)(Cc3c(C)c(C)c(C)c(C)c3C)S2(=O)=O)c(C)c1C. The van der Waals surface area contributed by atoms with Crippen LogP contribution in [-0.4, -0.2) is 37.5 Å². The molecule has 0 amide bonds. The van der Waals surface area contributed by atoms with Crippen LogP contribution >= 0.6 is 0 Å². The standard InChI is InChI=1S/C42H60O6S3/c1-22-25(4)31(10)37(32(11)26(22)5)19-40(16)49(43,44)41(17,20-38-33(12)27(6)23(2)28(7)34(38)13)51(47,48)42(18,50(40,45)46)21-39-35(14)29(8)24(3)30(9)36(39)15/h19-21H2,1-18H3. The van der Waals surface area contributed by atoms with Crippen molar-refractivity contribution < 1.29 is 25.3 Å². The van der Waals surface area contributed by atoms with Gasteiger partial charge in [0.05, 0.1) is 0 Å². The van der Waals surface area contributed by atoms with Crippen molar-refractivity contribution in [3.8, 4) is 0 Å². The molecule has 1 saturated heterocycles. The zero-order chi connectivity index (χ0) is 39.5. The van der Waals surface area contributed by atoms with E-state index in [1.807, 2.05) is 104 Å². The second kappa shape index (κ2) is 12.5. The molecule has 0 aliphatic carbocycles. The van der Waals surface area contributed by atoms with E-state index in [-0.39, 0.29) is 19.3 Å². The lowest BCUT2D eigenvalue weighted by molar-refractivity contribution is 0.482. The molecule has 3 aromatic rings. The molecule has 3 aromatic carbocycles. The average molecular weight is 757 g/mol. The van der Waals surface area contributed by atoms with Gasteiger partial charge in [0.15, 0.2) is 41.7 Å². The van der Waals surface area contributed by atoms with E-state index < -0.39 is 41.7 Å². The molecular formula is C42H60O6S3. The minimum atomic E-state index is -5.00. The second-order valence-corrected chi connectivity index (χ2v) is 25.5. The van der Waals surface area contributed by atoms with Gasteiger partial charge in [0, 0.05) is 19.3 Å². The Morgan fingerprint density at radius 3 is 0.529 bits per heavy atom. The van der Waals surface area contributed by atoms with Gasteiger partial charge in [-0.3, -0.25) is 0 Å². The van der Waals surface area contributed by atoms with Crippen LogP contribution in [-0.2, 0) is 48.8 Å². The summed E-state index contributed by atoms with van der Waals surface area (Å²) in [7, 11) is -15.0. The third kappa shape index (κ3) is 5.13. The van der Waals surface area contributed by atoms with Gasteiger partial charge in [-0.25, -0.2) is 25.3 Å². The average Bonchev–Trinajstić information content (AvgIpc) is 3.07. The summed E-state index contributed by atoms with van der Waals surface area (Å²) in [6.45, 7) is 33.1. The fraction of sp³-hybridized carbons (Fsp3) is 0.571. The highest BCUT2D eigenvalue weighted by atomic mass is 32.3. The van der Waals surface area contributed by atoms with Gasteiger partial charge in [-0.15, -0.1) is 0 Å². The normalized spacial score (nSPS) is 25.3. The molecule has 4 rings (SSSR count). The summed E-state index contributed by atoms with van der Waals surface area (Å²) in [5, 5.41) is 0. The minimum absolute atomic E-state index is 0.355. The van der Waals surface area contributed by atoms with E-state index in [4.69, 9.17) is 0 Å². The Morgan fingerprint density at radius 2 is 0.392 bits per heavy atom. The van der Waals surface area contributed by atoms with Crippen LogP contribution < -0.4 is 0 Å². The lowest BCUT2D eigenvalue weighted by Crippen LogP contribution is -2.73. The summed E-state index contributed by atoms with van der Waals surface area (Å²) in [4.78, 5) is 0. The predicted octanol–water partition coefficient (Wildman–Crippen LogP) is 8.75. The zero-order valence-electron chi connectivity index (χ0n) is 34.3. The number of benzene rings is 3. The first-order valence-corrected chi connectivity index (χ1v) is 22.3. The quantitative estimate of drug-likeness (QED) is 0.249. The van der Waals surface area contributed by atoms with E-state index in [2.05, 4.69) is 0 Å². The topological polar surface area (TPSA) is 102 Å². The first kappa shape index (κ1) is 41.3. The van der Waals surface area contributed by atoms with Gasteiger partial charge in [-0.1, -0.05) is 0 Å². The molecule has 1 aliphatic heterocycles. The third-order valence-electron chi connectivity index (χ3n) is 14.4. The number of sulfone groups is 3. The fourth-order valence-electron chi connectivity index (χ4n) is 8.87. The maximum Gasteiger partial charge on any atom is 0.190 e. The number of rotatable bonds is 6. The van der Waals surface area contributed by atoms with Gasteiger partial charge in [0.25, 0.3) is 0 Å². The van der Waals surface area contributed by atoms with Crippen LogP contribution in [0.1, 0.15) is 121 Å². The summed E-state index contributed by atoms with van der Waals surface area (Å²) < 4.78 is 86.1.